The van der Waals surface area contributed by atoms with Crippen molar-refractivity contribution in [2.45, 2.75) is 50.7 Å². The molecule has 168 valence electrons. The zero-order chi connectivity index (χ0) is 22.8. The molecule has 3 aromatic rings. The van der Waals surface area contributed by atoms with Gasteiger partial charge in [0.25, 0.3) is 0 Å². The maximum atomic E-state index is 14.0. The van der Waals surface area contributed by atoms with Gasteiger partial charge in [-0.05, 0) is 42.8 Å². The van der Waals surface area contributed by atoms with Gasteiger partial charge in [0.1, 0.15) is 23.8 Å². The highest BCUT2D eigenvalue weighted by atomic mass is 19.1. The van der Waals surface area contributed by atoms with Crippen LogP contribution < -0.4 is 0 Å². The SMILES string of the molecule is Cc1cc(-n2c3c(c4c(O)cccc42)[C@]2(C[C@@H](OCC(=O)O)C2)OCC3(C)C)ccc1F. The number of fused-ring (bicyclic) bond motifs is 4. The van der Waals surface area contributed by atoms with Crippen LogP contribution in [-0.4, -0.2) is 40.1 Å². The average molecular weight is 439 g/mol. The van der Waals surface area contributed by atoms with E-state index >= 15 is 0 Å². The lowest BCUT2D eigenvalue weighted by atomic mass is 9.67. The second-order valence-corrected chi connectivity index (χ2v) is 9.57. The number of carboxylic acids is 1. The molecule has 0 amide bonds. The van der Waals surface area contributed by atoms with Crippen molar-refractivity contribution in [1.82, 2.24) is 4.57 Å². The van der Waals surface area contributed by atoms with Crippen molar-refractivity contribution >= 4 is 16.9 Å². The first-order valence-electron chi connectivity index (χ1n) is 10.7. The first-order valence-corrected chi connectivity index (χ1v) is 10.7. The predicted octanol–water partition coefficient (Wildman–Crippen LogP) is 4.55. The zero-order valence-electron chi connectivity index (χ0n) is 18.3. The minimum Gasteiger partial charge on any atom is -0.507 e. The molecule has 1 saturated carbocycles. The Balaban J connectivity index is 1.74. The summed E-state index contributed by atoms with van der Waals surface area (Å²) < 4.78 is 28.1. The number of aryl methyl sites for hydroxylation is 1. The molecule has 0 radical (unpaired) electrons. The molecule has 1 fully saturated rings. The number of halogens is 1. The van der Waals surface area contributed by atoms with Crippen LogP contribution in [-0.2, 0) is 25.3 Å². The summed E-state index contributed by atoms with van der Waals surface area (Å²) in [5, 5.41) is 20.6. The lowest BCUT2D eigenvalue weighted by Gasteiger charge is -2.52. The Labute approximate surface area is 185 Å². The van der Waals surface area contributed by atoms with Crippen LogP contribution in [0.2, 0.25) is 0 Å². The maximum absolute atomic E-state index is 14.0. The fourth-order valence-electron chi connectivity index (χ4n) is 5.21. The highest BCUT2D eigenvalue weighted by Gasteiger charge is 2.56. The Hall–Kier alpha value is -2.90. The maximum Gasteiger partial charge on any atom is 0.329 e. The minimum atomic E-state index is -1.00. The van der Waals surface area contributed by atoms with E-state index in [-0.39, 0.29) is 29.7 Å². The Bertz CT molecular complexity index is 1240. The number of aromatic nitrogens is 1. The van der Waals surface area contributed by atoms with Crippen LogP contribution in [0, 0.1) is 12.7 Å². The number of carboxylic acid groups (broad SMARTS) is 1. The Morgan fingerprint density at radius 2 is 2.03 bits per heavy atom. The van der Waals surface area contributed by atoms with Crippen LogP contribution in [0.25, 0.3) is 16.6 Å². The summed E-state index contributed by atoms with van der Waals surface area (Å²) in [5.41, 5.74) is 3.09. The molecular formula is C25H26FNO5. The monoisotopic (exact) mass is 439 g/mol. The van der Waals surface area contributed by atoms with Gasteiger partial charge in [0.2, 0.25) is 0 Å². The van der Waals surface area contributed by atoms with Crippen LogP contribution in [0.4, 0.5) is 4.39 Å². The van der Waals surface area contributed by atoms with E-state index in [1.165, 1.54) is 6.07 Å². The van der Waals surface area contributed by atoms with Gasteiger partial charge in [-0.15, -0.1) is 0 Å². The summed E-state index contributed by atoms with van der Waals surface area (Å²) in [6, 6.07) is 10.5. The van der Waals surface area contributed by atoms with Gasteiger partial charge in [-0.3, -0.25) is 0 Å². The number of carbonyl (C=O) groups is 1. The van der Waals surface area contributed by atoms with Gasteiger partial charge in [0.15, 0.2) is 0 Å². The summed E-state index contributed by atoms with van der Waals surface area (Å²) in [4.78, 5) is 10.9. The summed E-state index contributed by atoms with van der Waals surface area (Å²) >= 11 is 0. The molecule has 6 nitrogen and oxygen atoms in total. The van der Waals surface area contributed by atoms with Crippen LogP contribution in [0.15, 0.2) is 36.4 Å². The zero-order valence-corrected chi connectivity index (χ0v) is 18.3. The predicted molar refractivity (Wildman–Crippen MR) is 117 cm³/mol. The van der Waals surface area contributed by atoms with Gasteiger partial charge < -0.3 is 24.3 Å². The second kappa shape index (κ2) is 7.05. The van der Waals surface area contributed by atoms with Crippen molar-refractivity contribution in [3.05, 3.63) is 59.0 Å². The molecule has 1 aromatic heterocycles. The number of hydrogen-bond acceptors (Lipinski definition) is 4. The van der Waals surface area contributed by atoms with E-state index in [1.807, 2.05) is 12.1 Å². The summed E-state index contributed by atoms with van der Waals surface area (Å²) in [5.74, 6) is -1.11. The average Bonchev–Trinajstić information content (AvgIpc) is 3.06. The van der Waals surface area contributed by atoms with Gasteiger partial charge in [-0.2, -0.15) is 0 Å². The van der Waals surface area contributed by atoms with E-state index in [0.29, 0.717) is 30.4 Å². The molecule has 32 heavy (non-hydrogen) atoms. The van der Waals surface area contributed by atoms with Gasteiger partial charge in [-0.25, -0.2) is 9.18 Å². The van der Waals surface area contributed by atoms with Crippen LogP contribution in [0.5, 0.6) is 5.75 Å². The molecule has 5 rings (SSSR count). The molecular weight excluding hydrogens is 413 g/mol. The van der Waals surface area contributed by atoms with Crippen LogP contribution >= 0.6 is 0 Å². The fourth-order valence-corrected chi connectivity index (χ4v) is 5.21. The third kappa shape index (κ3) is 3.03. The standard InChI is InChI=1S/C25H26FNO5/c1-14-9-15(7-8-17(14)26)27-18-5-4-6-19(28)21(18)22-23(27)24(2,3)13-32-25(22)10-16(11-25)31-12-20(29)30/h4-9,16,28H,10-13H2,1-3H3,(H,29,30)/t16-,25-. The fraction of sp³-hybridized carbons (Fsp3) is 0.400. The highest BCUT2D eigenvalue weighted by Crippen LogP contribution is 2.57. The lowest BCUT2D eigenvalue weighted by molar-refractivity contribution is -0.198. The smallest absolute Gasteiger partial charge is 0.329 e. The Kier molecular flexibility index (Phi) is 4.62. The molecule has 2 N–H and O–H groups in total. The van der Waals surface area contributed by atoms with E-state index < -0.39 is 11.6 Å². The Morgan fingerprint density at radius 3 is 2.72 bits per heavy atom. The van der Waals surface area contributed by atoms with E-state index in [0.717, 1.165) is 22.5 Å². The number of nitrogens with zero attached hydrogens (tertiary/aromatic N) is 1. The van der Waals surface area contributed by atoms with Gasteiger partial charge in [0.05, 0.1) is 18.2 Å². The molecule has 1 aliphatic carbocycles. The minimum absolute atomic E-state index is 0.159. The molecule has 0 bridgehead atoms. The molecule has 1 spiro atoms. The quantitative estimate of drug-likeness (QED) is 0.623. The molecule has 2 heterocycles. The molecule has 2 aliphatic rings. The molecule has 0 saturated heterocycles. The third-order valence-electron chi connectivity index (χ3n) is 6.73. The van der Waals surface area contributed by atoms with Crippen LogP contribution in [0.1, 0.15) is 43.5 Å². The largest absolute Gasteiger partial charge is 0.507 e. The van der Waals surface area contributed by atoms with E-state index in [9.17, 15) is 14.3 Å². The number of phenolic OH excluding ortho intramolecular Hbond substituents is 1. The molecule has 0 atom stereocenters. The van der Waals surface area contributed by atoms with Gasteiger partial charge in [0, 0.05) is 40.6 Å². The van der Waals surface area contributed by atoms with Gasteiger partial charge >= 0.3 is 5.97 Å². The third-order valence-corrected chi connectivity index (χ3v) is 6.73. The lowest BCUT2D eigenvalue weighted by Crippen LogP contribution is -2.54. The number of aromatic hydroxyl groups is 1. The van der Waals surface area contributed by atoms with Crippen molar-refractivity contribution < 1.29 is 28.9 Å². The first-order chi connectivity index (χ1) is 15.1. The number of phenols is 1. The number of hydrogen-bond donors (Lipinski definition) is 2. The van der Waals surface area contributed by atoms with Crippen molar-refractivity contribution in [3.8, 4) is 11.4 Å². The molecule has 0 unspecified atom stereocenters. The van der Waals surface area contributed by atoms with E-state index in [2.05, 4.69) is 18.4 Å². The second-order valence-electron chi connectivity index (χ2n) is 9.57. The van der Waals surface area contributed by atoms with Crippen LogP contribution in [0.3, 0.4) is 0 Å². The van der Waals surface area contributed by atoms with Crippen molar-refractivity contribution in [2.24, 2.45) is 0 Å². The topological polar surface area (TPSA) is 80.9 Å². The van der Waals surface area contributed by atoms with E-state index in [1.54, 1.807) is 25.1 Å². The normalized spacial score (nSPS) is 23.8. The number of ether oxygens (including phenoxy) is 2. The highest BCUT2D eigenvalue weighted by molar-refractivity contribution is 5.94. The van der Waals surface area contributed by atoms with Gasteiger partial charge in [-0.1, -0.05) is 19.9 Å². The number of benzene rings is 2. The van der Waals surface area contributed by atoms with E-state index in [4.69, 9.17) is 14.6 Å². The van der Waals surface area contributed by atoms with Crippen molar-refractivity contribution in [3.63, 3.8) is 0 Å². The number of rotatable bonds is 4. The number of aliphatic carboxylic acids is 1. The molecule has 2 aromatic carbocycles. The first kappa shape index (κ1) is 21.0. The summed E-state index contributed by atoms with van der Waals surface area (Å²) in [6.07, 6.45) is 0.802. The van der Waals surface area contributed by atoms with Crippen molar-refractivity contribution in [2.75, 3.05) is 13.2 Å². The molecule has 7 heteroatoms. The summed E-state index contributed by atoms with van der Waals surface area (Å²) in [7, 11) is 0. The van der Waals surface area contributed by atoms with Crippen molar-refractivity contribution in [1.29, 1.82) is 0 Å². The molecule has 1 aliphatic heterocycles. The summed E-state index contributed by atoms with van der Waals surface area (Å²) in [6.45, 7) is 6.04. The Morgan fingerprint density at radius 1 is 1.28 bits per heavy atom.